The molecular weight excluding hydrogens is 344 g/mol. The predicted octanol–water partition coefficient (Wildman–Crippen LogP) is 3.43. The van der Waals surface area contributed by atoms with Gasteiger partial charge in [-0.05, 0) is 53.4 Å². The van der Waals surface area contributed by atoms with Crippen LogP contribution in [0.5, 0.6) is 0 Å². The van der Waals surface area contributed by atoms with E-state index in [9.17, 15) is 14.4 Å². The number of hydrogen-bond donors (Lipinski definition) is 1. The van der Waals surface area contributed by atoms with E-state index >= 15 is 0 Å². The molecule has 0 bridgehead atoms. The Hall–Kier alpha value is -1.43. The van der Waals surface area contributed by atoms with E-state index in [1.807, 2.05) is 41.5 Å². The van der Waals surface area contributed by atoms with Gasteiger partial charge in [0.15, 0.2) is 0 Å². The Morgan fingerprint density at radius 2 is 1.85 bits per heavy atom. The number of amides is 3. The van der Waals surface area contributed by atoms with Gasteiger partial charge in [-0.1, -0.05) is 20.3 Å². The molecule has 0 saturated carbocycles. The third kappa shape index (κ3) is 6.59. The van der Waals surface area contributed by atoms with Crippen molar-refractivity contribution in [1.82, 2.24) is 10.2 Å². The number of nitrogens with one attached hydrogen (secondary N) is 1. The molecule has 27 heavy (non-hydrogen) atoms. The summed E-state index contributed by atoms with van der Waals surface area (Å²) in [5.41, 5.74) is -0.949. The van der Waals surface area contributed by atoms with E-state index in [0.717, 1.165) is 12.8 Å². The largest absolute Gasteiger partial charge is 0.375 e. The molecule has 1 fully saturated rings. The van der Waals surface area contributed by atoms with Gasteiger partial charge in [-0.25, -0.2) is 0 Å². The van der Waals surface area contributed by atoms with E-state index in [1.54, 1.807) is 0 Å². The molecule has 0 aromatic heterocycles. The summed E-state index contributed by atoms with van der Waals surface area (Å²) in [6, 6.07) is 0. The topological polar surface area (TPSA) is 75.7 Å². The zero-order valence-electron chi connectivity index (χ0n) is 18.0. The molecule has 6 heteroatoms. The highest BCUT2D eigenvalue weighted by molar-refractivity contribution is 6.04. The first-order valence-electron chi connectivity index (χ1n) is 10.4. The number of carbonyl (C=O) groups excluding carboxylic acids is 3. The molecule has 1 aliphatic rings. The lowest BCUT2D eigenvalue weighted by molar-refractivity contribution is -0.148. The minimum atomic E-state index is -0.522. The molecule has 2 unspecified atom stereocenters. The first-order chi connectivity index (χ1) is 12.6. The van der Waals surface area contributed by atoms with E-state index in [0.29, 0.717) is 45.3 Å². The number of ether oxygens (including phenoxy) is 1. The summed E-state index contributed by atoms with van der Waals surface area (Å²) in [7, 11) is 0. The van der Waals surface area contributed by atoms with Crippen LogP contribution in [-0.2, 0) is 19.1 Å². The molecule has 1 heterocycles. The van der Waals surface area contributed by atoms with Gasteiger partial charge in [0, 0.05) is 37.5 Å². The summed E-state index contributed by atoms with van der Waals surface area (Å²) in [5.74, 6) is -0.217. The van der Waals surface area contributed by atoms with Crippen LogP contribution in [0.2, 0.25) is 0 Å². The van der Waals surface area contributed by atoms with Gasteiger partial charge in [0.2, 0.25) is 17.7 Å². The van der Waals surface area contributed by atoms with Crippen LogP contribution in [0.25, 0.3) is 0 Å². The second kappa shape index (κ2) is 10.2. The van der Waals surface area contributed by atoms with Crippen molar-refractivity contribution < 1.29 is 19.1 Å². The fourth-order valence-electron chi connectivity index (χ4n) is 3.60. The van der Waals surface area contributed by atoms with Crippen molar-refractivity contribution >= 4 is 17.7 Å². The quantitative estimate of drug-likeness (QED) is 0.525. The highest BCUT2D eigenvalue weighted by atomic mass is 16.5. The highest BCUT2D eigenvalue weighted by Crippen LogP contribution is 2.34. The highest BCUT2D eigenvalue weighted by Gasteiger charge is 2.46. The second-order valence-electron chi connectivity index (χ2n) is 8.42. The normalized spacial score (nSPS) is 20.1. The molecule has 1 aliphatic heterocycles. The Kier molecular flexibility index (Phi) is 8.92. The van der Waals surface area contributed by atoms with Gasteiger partial charge < -0.3 is 10.1 Å². The van der Waals surface area contributed by atoms with Gasteiger partial charge in [0.1, 0.15) is 0 Å². The van der Waals surface area contributed by atoms with E-state index < -0.39 is 11.1 Å². The average Bonchev–Trinajstić information content (AvgIpc) is 2.88. The van der Waals surface area contributed by atoms with Gasteiger partial charge >= 0.3 is 0 Å². The van der Waals surface area contributed by atoms with Gasteiger partial charge in [-0.2, -0.15) is 0 Å². The van der Waals surface area contributed by atoms with Crippen LogP contribution in [0.1, 0.15) is 86.5 Å². The Balaban J connectivity index is 2.63. The molecule has 1 rings (SSSR count). The standard InChI is InChI=1S/C21H38N2O4/c1-7-10-16-15-18(25)23(19(16)26)21(6,8-2)13-14-27-20(4,5)12-11-17(24)22-9-3/h16H,7-15H2,1-6H3,(H,22,24). The predicted molar refractivity (Wildman–Crippen MR) is 106 cm³/mol. The minimum absolute atomic E-state index is 0.0262. The summed E-state index contributed by atoms with van der Waals surface area (Å²) in [4.78, 5) is 38.4. The smallest absolute Gasteiger partial charge is 0.233 e. The molecule has 1 N–H and O–H groups in total. The lowest BCUT2D eigenvalue weighted by atomic mass is 9.92. The Labute approximate surface area is 164 Å². The SMILES string of the molecule is CCCC1CC(=O)N(C(C)(CC)CCOC(C)(C)CCC(=O)NCC)C1=O. The Morgan fingerprint density at radius 3 is 2.41 bits per heavy atom. The number of carbonyl (C=O) groups is 3. The minimum Gasteiger partial charge on any atom is -0.375 e. The maximum absolute atomic E-state index is 12.7. The molecule has 0 aromatic rings. The van der Waals surface area contributed by atoms with Crippen molar-refractivity contribution in [3.8, 4) is 0 Å². The zero-order valence-corrected chi connectivity index (χ0v) is 18.0. The third-order valence-electron chi connectivity index (χ3n) is 5.64. The molecule has 0 aromatic carbocycles. The molecule has 0 radical (unpaired) electrons. The lowest BCUT2D eigenvalue weighted by Gasteiger charge is -2.38. The van der Waals surface area contributed by atoms with Crippen LogP contribution >= 0.6 is 0 Å². The van der Waals surface area contributed by atoms with Gasteiger partial charge in [0.05, 0.1) is 5.60 Å². The monoisotopic (exact) mass is 382 g/mol. The van der Waals surface area contributed by atoms with Crippen molar-refractivity contribution in [2.45, 2.75) is 97.6 Å². The van der Waals surface area contributed by atoms with Crippen molar-refractivity contribution in [3.63, 3.8) is 0 Å². The van der Waals surface area contributed by atoms with Crippen LogP contribution < -0.4 is 5.32 Å². The lowest BCUT2D eigenvalue weighted by Crippen LogP contribution is -2.50. The van der Waals surface area contributed by atoms with Crippen molar-refractivity contribution in [2.75, 3.05) is 13.2 Å². The summed E-state index contributed by atoms with van der Waals surface area (Å²) >= 11 is 0. The molecule has 2 atom stereocenters. The van der Waals surface area contributed by atoms with Crippen molar-refractivity contribution in [3.05, 3.63) is 0 Å². The number of rotatable bonds is 12. The van der Waals surface area contributed by atoms with Crippen LogP contribution in [-0.4, -0.2) is 46.9 Å². The number of likely N-dealkylation sites (tertiary alicyclic amines) is 1. The van der Waals surface area contributed by atoms with Gasteiger partial charge in [-0.15, -0.1) is 0 Å². The van der Waals surface area contributed by atoms with E-state index in [2.05, 4.69) is 5.32 Å². The van der Waals surface area contributed by atoms with Crippen LogP contribution in [0, 0.1) is 5.92 Å². The maximum Gasteiger partial charge on any atom is 0.233 e. The number of hydrogen-bond acceptors (Lipinski definition) is 4. The summed E-state index contributed by atoms with van der Waals surface area (Å²) in [5, 5.41) is 2.79. The van der Waals surface area contributed by atoms with Gasteiger partial charge in [-0.3, -0.25) is 19.3 Å². The fourth-order valence-corrected chi connectivity index (χ4v) is 3.60. The third-order valence-corrected chi connectivity index (χ3v) is 5.64. The Bertz CT molecular complexity index is 532. The molecule has 3 amide bonds. The maximum atomic E-state index is 12.7. The van der Waals surface area contributed by atoms with Crippen molar-refractivity contribution in [2.24, 2.45) is 5.92 Å². The van der Waals surface area contributed by atoms with E-state index in [4.69, 9.17) is 4.74 Å². The zero-order chi connectivity index (χ0) is 20.7. The molecule has 1 saturated heterocycles. The summed E-state index contributed by atoms with van der Waals surface area (Å²) in [6.07, 6.45) is 4.36. The van der Waals surface area contributed by atoms with Crippen LogP contribution in [0.15, 0.2) is 0 Å². The average molecular weight is 383 g/mol. The molecule has 0 aliphatic carbocycles. The van der Waals surface area contributed by atoms with Crippen LogP contribution in [0.3, 0.4) is 0 Å². The fraction of sp³-hybridized carbons (Fsp3) is 0.857. The molecular formula is C21H38N2O4. The molecule has 6 nitrogen and oxygen atoms in total. The molecule has 156 valence electrons. The van der Waals surface area contributed by atoms with E-state index in [1.165, 1.54) is 4.90 Å². The summed E-state index contributed by atoms with van der Waals surface area (Å²) in [6.45, 7) is 12.9. The first-order valence-corrected chi connectivity index (χ1v) is 10.4. The number of imide groups is 1. The number of nitrogens with zero attached hydrogens (tertiary/aromatic N) is 1. The first kappa shape index (κ1) is 23.6. The van der Waals surface area contributed by atoms with Gasteiger partial charge in [0.25, 0.3) is 0 Å². The molecule has 0 spiro atoms. The van der Waals surface area contributed by atoms with Crippen molar-refractivity contribution in [1.29, 1.82) is 0 Å². The second-order valence-corrected chi connectivity index (χ2v) is 8.42. The van der Waals surface area contributed by atoms with Crippen LogP contribution in [0.4, 0.5) is 0 Å². The summed E-state index contributed by atoms with van der Waals surface area (Å²) < 4.78 is 6.03. The Morgan fingerprint density at radius 1 is 1.19 bits per heavy atom. The van der Waals surface area contributed by atoms with E-state index in [-0.39, 0.29) is 23.6 Å².